The Morgan fingerprint density at radius 1 is 1.38 bits per heavy atom. The topological polar surface area (TPSA) is 68.1 Å². The summed E-state index contributed by atoms with van der Waals surface area (Å²) < 4.78 is 0. The number of aromatic nitrogens is 1. The van der Waals surface area contributed by atoms with E-state index in [2.05, 4.69) is 31.1 Å². The summed E-state index contributed by atoms with van der Waals surface area (Å²) in [6.45, 7) is 11.1. The second-order valence-corrected chi connectivity index (χ2v) is 5.96. The molecule has 1 rings (SSSR count). The van der Waals surface area contributed by atoms with Gasteiger partial charge in [-0.3, -0.25) is 15.1 Å². The van der Waals surface area contributed by atoms with Gasteiger partial charge in [-0.2, -0.15) is 0 Å². The highest BCUT2D eigenvalue weighted by Crippen LogP contribution is 2.25. The molecule has 21 heavy (non-hydrogen) atoms. The summed E-state index contributed by atoms with van der Waals surface area (Å²) in [4.78, 5) is 15.2. The Labute approximate surface area is 127 Å². The van der Waals surface area contributed by atoms with Gasteiger partial charge in [-0.15, -0.1) is 0 Å². The number of hydrogen-bond acceptors (Lipinski definition) is 4. The highest BCUT2D eigenvalue weighted by atomic mass is 16.6. The Morgan fingerprint density at radius 3 is 2.57 bits per heavy atom. The van der Waals surface area contributed by atoms with E-state index in [1.165, 1.54) is 0 Å². The predicted molar refractivity (Wildman–Crippen MR) is 85.6 cm³/mol. The van der Waals surface area contributed by atoms with E-state index in [4.69, 9.17) is 0 Å². The number of nitro groups is 1. The maximum atomic E-state index is 11.1. The quantitative estimate of drug-likeness (QED) is 0.588. The molecule has 1 heterocycles. The van der Waals surface area contributed by atoms with Crippen molar-refractivity contribution in [2.75, 3.05) is 6.54 Å². The highest BCUT2D eigenvalue weighted by molar-refractivity contribution is 5.47. The van der Waals surface area contributed by atoms with E-state index in [-0.39, 0.29) is 10.6 Å². The van der Waals surface area contributed by atoms with Crippen molar-refractivity contribution in [3.8, 4) is 0 Å². The molecule has 0 radical (unpaired) electrons. The standard InChI is InChI=1S/C16H27N3O2/c1-6-9-17-14(11(2)3)7-8-15-13(5)16(19(20)21)12(4)10-18-15/h10-11,14,17H,6-9H2,1-5H3. The molecule has 5 nitrogen and oxygen atoms in total. The molecular weight excluding hydrogens is 266 g/mol. The number of hydrogen-bond donors (Lipinski definition) is 1. The van der Waals surface area contributed by atoms with Crippen LogP contribution in [0.15, 0.2) is 6.20 Å². The van der Waals surface area contributed by atoms with Gasteiger partial charge >= 0.3 is 0 Å². The summed E-state index contributed by atoms with van der Waals surface area (Å²) in [6.07, 6.45) is 4.44. The SMILES string of the molecule is CCCNC(CCc1ncc(C)c([N+](=O)[O-])c1C)C(C)C. The second-order valence-electron chi connectivity index (χ2n) is 5.96. The van der Waals surface area contributed by atoms with Gasteiger partial charge < -0.3 is 5.32 Å². The van der Waals surface area contributed by atoms with Gasteiger partial charge in [0.2, 0.25) is 0 Å². The molecule has 0 aromatic carbocycles. The molecule has 0 bridgehead atoms. The van der Waals surface area contributed by atoms with Crippen LogP contribution in [0.5, 0.6) is 0 Å². The monoisotopic (exact) mass is 293 g/mol. The first kappa shape index (κ1) is 17.6. The summed E-state index contributed by atoms with van der Waals surface area (Å²) in [7, 11) is 0. The van der Waals surface area contributed by atoms with Gasteiger partial charge in [-0.25, -0.2) is 0 Å². The zero-order valence-electron chi connectivity index (χ0n) is 13.8. The molecule has 0 aliphatic rings. The molecule has 0 fully saturated rings. The Bertz CT molecular complexity index is 487. The fraction of sp³-hybridized carbons (Fsp3) is 0.688. The zero-order valence-corrected chi connectivity index (χ0v) is 13.8. The van der Waals surface area contributed by atoms with E-state index in [0.29, 0.717) is 23.1 Å². The minimum atomic E-state index is -0.300. The third kappa shape index (κ3) is 4.77. The number of pyridine rings is 1. The van der Waals surface area contributed by atoms with Gasteiger partial charge in [-0.1, -0.05) is 20.8 Å². The van der Waals surface area contributed by atoms with Crippen molar-refractivity contribution in [2.45, 2.75) is 59.9 Å². The molecule has 1 aromatic rings. The fourth-order valence-electron chi connectivity index (χ4n) is 2.59. The summed E-state index contributed by atoms with van der Waals surface area (Å²) in [5, 5.41) is 14.7. The van der Waals surface area contributed by atoms with E-state index in [0.717, 1.165) is 31.5 Å². The van der Waals surface area contributed by atoms with Crippen LogP contribution in [0.1, 0.15) is 50.4 Å². The van der Waals surface area contributed by atoms with Crippen LogP contribution in [0.25, 0.3) is 0 Å². The highest BCUT2D eigenvalue weighted by Gasteiger charge is 2.20. The lowest BCUT2D eigenvalue weighted by Gasteiger charge is -2.22. The lowest BCUT2D eigenvalue weighted by atomic mass is 9.96. The van der Waals surface area contributed by atoms with E-state index in [1.54, 1.807) is 20.0 Å². The van der Waals surface area contributed by atoms with Gasteiger partial charge in [-0.05, 0) is 45.6 Å². The lowest BCUT2D eigenvalue weighted by Crippen LogP contribution is -2.34. The molecule has 0 spiro atoms. The molecule has 118 valence electrons. The maximum Gasteiger partial charge on any atom is 0.278 e. The lowest BCUT2D eigenvalue weighted by molar-refractivity contribution is -0.386. The third-order valence-corrected chi connectivity index (χ3v) is 3.91. The Morgan fingerprint density at radius 2 is 2.05 bits per heavy atom. The summed E-state index contributed by atoms with van der Waals surface area (Å²) >= 11 is 0. The molecule has 1 atom stereocenters. The van der Waals surface area contributed by atoms with Crippen LogP contribution >= 0.6 is 0 Å². The van der Waals surface area contributed by atoms with Crippen LogP contribution in [0.2, 0.25) is 0 Å². The normalized spacial score (nSPS) is 12.7. The van der Waals surface area contributed by atoms with E-state index in [9.17, 15) is 10.1 Å². The van der Waals surface area contributed by atoms with Crippen molar-refractivity contribution in [1.29, 1.82) is 0 Å². The van der Waals surface area contributed by atoms with Crippen LogP contribution in [-0.4, -0.2) is 22.5 Å². The van der Waals surface area contributed by atoms with E-state index >= 15 is 0 Å². The molecule has 0 amide bonds. The van der Waals surface area contributed by atoms with Gasteiger partial charge in [0.1, 0.15) is 0 Å². The van der Waals surface area contributed by atoms with Crippen LogP contribution in [0.3, 0.4) is 0 Å². The molecule has 0 saturated heterocycles. The van der Waals surface area contributed by atoms with Crippen molar-refractivity contribution in [2.24, 2.45) is 5.92 Å². The first-order valence-electron chi connectivity index (χ1n) is 7.71. The molecule has 1 aromatic heterocycles. The van der Waals surface area contributed by atoms with Crippen molar-refractivity contribution in [3.05, 3.63) is 33.1 Å². The number of nitrogens with zero attached hydrogens (tertiary/aromatic N) is 2. The largest absolute Gasteiger partial charge is 0.314 e. The molecule has 1 unspecified atom stereocenters. The molecule has 1 N–H and O–H groups in total. The van der Waals surface area contributed by atoms with Gasteiger partial charge in [0, 0.05) is 23.4 Å². The molecule has 5 heteroatoms. The minimum Gasteiger partial charge on any atom is -0.314 e. The first-order valence-corrected chi connectivity index (χ1v) is 7.71. The minimum absolute atomic E-state index is 0.211. The number of nitrogens with one attached hydrogen (secondary N) is 1. The van der Waals surface area contributed by atoms with E-state index < -0.39 is 0 Å². The van der Waals surface area contributed by atoms with Crippen LogP contribution in [0.4, 0.5) is 5.69 Å². The number of aryl methyl sites for hydroxylation is 2. The third-order valence-electron chi connectivity index (χ3n) is 3.91. The van der Waals surface area contributed by atoms with E-state index in [1.807, 2.05) is 0 Å². The Hall–Kier alpha value is -1.49. The molecular formula is C16H27N3O2. The van der Waals surface area contributed by atoms with Crippen molar-refractivity contribution in [1.82, 2.24) is 10.3 Å². The zero-order chi connectivity index (χ0) is 16.0. The maximum absolute atomic E-state index is 11.1. The summed E-state index contributed by atoms with van der Waals surface area (Å²) in [5.41, 5.74) is 2.39. The fourth-order valence-corrected chi connectivity index (χ4v) is 2.59. The smallest absolute Gasteiger partial charge is 0.278 e. The van der Waals surface area contributed by atoms with Crippen LogP contribution < -0.4 is 5.32 Å². The van der Waals surface area contributed by atoms with Crippen molar-refractivity contribution >= 4 is 5.69 Å². The van der Waals surface area contributed by atoms with Crippen LogP contribution in [0, 0.1) is 29.9 Å². The van der Waals surface area contributed by atoms with Crippen molar-refractivity contribution in [3.63, 3.8) is 0 Å². The first-order chi connectivity index (χ1) is 9.88. The molecule has 0 aliphatic heterocycles. The van der Waals surface area contributed by atoms with Gasteiger partial charge in [0.05, 0.1) is 10.6 Å². The summed E-state index contributed by atoms with van der Waals surface area (Å²) in [6, 6.07) is 0.423. The predicted octanol–water partition coefficient (Wildman–Crippen LogP) is 3.56. The van der Waals surface area contributed by atoms with Gasteiger partial charge in [0.25, 0.3) is 5.69 Å². The average molecular weight is 293 g/mol. The summed E-state index contributed by atoms with van der Waals surface area (Å²) in [5.74, 6) is 0.539. The second kappa shape index (κ2) is 8.08. The Balaban J connectivity index is 2.83. The molecule has 0 saturated carbocycles. The number of rotatable bonds is 8. The van der Waals surface area contributed by atoms with Gasteiger partial charge in [0.15, 0.2) is 0 Å². The van der Waals surface area contributed by atoms with Crippen LogP contribution in [-0.2, 0) is 6.42 Å². The van der Waals surface area contributed by atoms with Crippen molar-refractivity contribution < 1.29 is 4.92 Å². The average Bonchev–Trinajstić information content (AvgIpc) is 2.40. The molecule has 0 aliphatic carbocycles. The Kier molecular flexibility index (Phi) is 6.75.